The third kappa shape index (κ3) is 3.42. The Morgan fingerprint density at radius 3 is 2.38 bits per heavy atom. The molecule has 0 fully saturated rings. The lowest BCUT2D eigenvalue weighted by molar-refractivity contribution is -0.275. The summed E-state index contributed by atoms with van der Waals surface area (Å²) in [5, 5.41) is 0. The SMILES string of the molecule is Cc1nc(C(F)F)c(I)cc1OC(F)(F)F. The Morgan fingerprint density at radius 1 is 1.38 bits per heavy atom. The van der Waals surface area contributed by atoms with Crippen LogP contribution < -0.4 is 4.74 Å². The van der Waals surface area contributed by atoms with Crippen molar-refractivity contribution in [3.63, 3.8) is 0 Å². The molecule has 0 aromatic carbocycles. The van der Waals surface area contributed by atoms with Crippen LogP contribution in [0.4, 0.5) is 22.0 Å². The second kappa shape index (κ2) is 4.68. The highest BCUT2D eigenvalue weighted by Crippen LogP contribution is 2.30. The highest BCUT2D eigenvalue weighted by atomic mass is 127. The van der Waals surface area contributed by atoms with E-state index in [0.717, 1.165) is 6.07 Å². The van der Waals surface area contributed by atoms with Gasteiger partial charge in [0.15, 0.2) is 5.75 Å². The zero-order chi connectivity index (χ0) is 12.5. The summed E-state index contributed by atoms with van der Waals surface area (Å²) < 4.78 is 64.0. The first-order valence-electron chi connectivity index (χ1n) is 3.91. The van der Waals surface area contributed by atoms with Crippen molar-refractivity contribution in [2.24, 2.45) is 0 Å². The third-order valence-electron chi connectivity index (χ3n) is 1.58. The summed E-state index contributed by atoms with van der Waals surface area (Å²) in [5.74, 6) is -0.568. The first-order valence-corrected chi connectivity index (χ1v) is 4.99. The summed E-state index contributed by atoms with van der Waals surface area (Å²) in [6.07, 6.45) is -7.69. The van der Waals surface area contributed by atoms with Crippen LogP contribution in [0.1, 0.15) is 17.8 Å². The molecular weight excluding hydrogens is 348 g/mol. The first-order chi connectivity index (χ1) is 7.20. The lowest BCUT2D eigenvalue weighted by Crippen LogP contribution is -2.18. The molecule has 16 heavy (non-hydrogen) atoms. The van der Waals surface area contributed by atoms with E-state index in [2.05, 4.69) is 9.72 Å². The molecule has 1 aromatic rings. The molecule has 0 aliphatic rings. The number of alkyl halides is 5. The van der Waals surface area contributed by atoms with Crippen molar-refractivity contribution in [3.8, 4) is 5.75 Å². The number of ether oxygens (including phenoxy) is 1. The van der Waals surface area contributed by atoms with Gasteiger partial charge in [-0.25, -0.2) is 13.8 Å². The largest absolute Gasteiger partial charge is 0.573 e. The van der Waals surface area contributed by atoms with Gasteiger partial charge in [0.1, 0.15) is 5.69 Å². The van der Waals surface area contributed by atoms with Crippen LogP contribution in [0.3, 0.4) is 0 Å². The highest BCUT2D eigenvalue weighted by Gasteiger charge is 2.32. The Bertz CT molecular complexity index is 393. The van der Waals surface area contributed by atoms with Gasteiger partial charge in [-0.15, -0.1) is 13.2 Å². The first kappa shape index (κ1) is 13.4. The number of halogens is 6. The minimum Gasteiger partial charge on any atom is -0.404 e. The van der Waals surface area contributed by atoms with E-state index in [-0.39, 0.29) is 9.26 Å². The molecule has 1 aromatic heterocycles. The van der Waals surface area contributed by atoms with Crippen LogP contribution >= 0.6 is 22.6 Å². The van der Waals surface area contributed by atoms with Crippen molar-refractivity contribution in [2.45, 2.75) is 19.7 Å². The predicted molar refractivity (Wildman–Crippen MR) is 53.3 cm³/mol. The predicted octanol–water partition coefficient (Wildman–Crippen LogP) is 3.83. The molecular formula is C8H5F5INO. The summed E-state index contributed by atoms with van der Waals surface area (Å²) in [5.41, 5.74) is -0.777. The molecule has 0 saturated heterocycles. The van der Waals surface area contributed by atoms with Crippen LogP contribution in [0.25, 0.3) is 0 Å². The number of hydrogen-bond donors (Lipinski definition) is 0. The fourth-order valence-corrected chi connectivity index (χ4v) is 1.60. The average molecular weight is 353 g/mol. The standard InChI is InChI=1S/C8H5F5INO/c1-3-5(16-8(11,12)13)2-4(14)6(15-3)7(9)10/h2,7H,1H3. The molecule has 0 aliphatic carbocycles. The summed E-state index contributed by atoms with van der Waals surface area (Å²) in [4.78, 5) is 3.37. The average Bonchev–Trinajstić information content (AvgIpc) is 2.07. The van der Waals surface area contributed by atoms with Crippen LogP contribution in [0.2, 0.25) is 0 Å². The molecule has 0 N–H and O–H groups in total. The van der Waals surface area contributed by atoms with E-state index in [1.165, 1.54) is 29.5 Å². The monoisotopic (exact) mass is 353 g/mol. The highest BCUT2D eigenvalue weighted by molar-refractivity contribution is 14.1. The van der Waals surface area contributed by atoms with Gasteiger partial charge in [0.05, 0.1) is 5.69 Å². The van der Waals surface area contributed by atoms with Crippen molar-refractivity contribution in [2.75, 3.05) is 0 Å². The van der Waals surface area contributed by atoms with Gasteiger partial charge in [-0.3, -0.25) is 0 Å². The molecule has 0 bridgehead atoms. The third-order valence-corrected chi connectivity index (χ3v) is 2.44. The molecule has 0 radical (unpaired) electrons. The van der Waals surface area contributed by atoms with E-state index in [0.29, 0.717) is 0 Å². The Labute approximate surface area is 101 Å². The number of aromatic nitrogens is 1. The summed E-state index contributed by atoms with van der Waals surface area (Å²) in [7, 11) is 0. The maximum atomic E-state index is 12.3. The quantitative estimate of drug-likeness (QED) is 0.596. The van der Waals surface area contributed by atoms with Gasteiger partial charge in [-0.2, -0.15) is 0 Å². The lowest BCUT2D eigenvalue weighted by Gasteiger charge is -2.12. The van der Waals surface area contributed by atoms with Gasteiger partial charge in [-0.05, 0) is 35.6 Å². The Kier molecular flexibility index (Phi) is 3.92. The van der Waals surface area contributed by atoms with E-state index >= 15 is 0 Å². The van der Waals surface area contributed by atoms with E-state index in [1.807, 2.05) is 0 Å². The van der Waals surface area contributed by atoms with Crippen LogP contribution in [0, 0.1) is 10.5 Å². The van der Waals surface area contributed by atoms with Gasteiger partial charge in [0.2, 0.25) is 0 Å². The summed E-state index contributed by atoms with van der Waals surface area (Å²) in [6, 6.07) is 0.887. The molecule has 0 spiro atoms. The second-order valence-corrected chi connectivity index (χ2v) is 3.95. The minimum absolute atomic E-state index is 0.0718. The molecule has 0 atom stereocenters. The zero-order valence-electron chi connectivity index (χ0n) is 7.78. The van der Waals surface area contributed by atoms with Crippen LogP contribution in [0.5, 0.6) is 5.75 Å². The van der Waals surface area contributed by atoms with E-state index in [9.17, 15) is 22.0 Å². The number of pyridine rings is 1. The fraction of sp³-hybridized carbons (Fsp3) is 0.375. The Morgan fingerprint density at radius 2 is 1.94 bits per heavy atom. The molecule has 2 nitrogen and oxygen atoms in total. The molecule has 0 saturated carbocycles. The summed E-state index contributed by atoms with van der Waals surface area (Å²) in [6.45, 7) is 1.17. The molecule has 90 valence electrons. The number of rotatable bonds is 2. The normalized spacial score (nSPS) is 12.0. The Hall–Kier alpha value is -0.670. The number of nitrogens with zero attached hydrogens (tertiary/aromatic N) is 1. The maximum absolute atomic E-state index is 12.3. The van der Waals surface area contributed by atoms with Crippen LogP contribution in [-0.4, -0.2) is 11.3 Å². The van der Waals surface area contributed by atoms with Gasteiger partial charge in [0.25, 0.3) is 6.43 Å². The van der Waals surface area contributed by atoms with Crippen LogP contribution in [-0.2, 0) is 0 Å². The molecule has 0 amide bonds. The van der Waals surface area contributed by atoms with Crippen molar-refractivity contribution in [3.05, 3.63) is 21.0 Å². The topological polar surface area (TPSA) is 22.1 Å². The molecule has 1 rings (SSSR count). The van der Waals surface area contributed by atoms with Gasteiger partial charge < -0.3 is 4.74 Å². The zero-order valence-corrected chi connectivity index (χ0v) is 9.94. The van der Waals surface area contributed by atoms with E-state index in [1.54, 1.807) is 0 Å². The van der Waals surface area contributed by atoms with Gasteiger partial charge in [0, 0.05) is 3.57 Å². The smallest absolute Gasteiger partial charge is 0.404 e. The minimum atomic E-state index is -4.86. The fourth-order valence-electron chi connectivity index (χ4n) is 0.964. The van der Waals surface area contributed by atoms with Gasteiger partial charge >= 0.3 is 6.36 Å². The Balaban J connectivity index is 3.11. The number of aryl methyl sites for hydroxylation is 1. The van der Waals surface area contributed by atoms with Gasteiger partial charge in [-0.1, -0.05) is 0 Å². The van der Waals surface area contributed by atoms with E-state index in [4.69, 9.17) is 0 Å². The molecule has 0 aliphatic heterocycles. The van der Waals surface area contributed by atoms with Crippen molar-refractivity contribution in [1.82, 2.24) is 4.98 Å². The van der Waals surface area contributed by atoms with Crippen LogP contribution in [0.15, 0.2) is 6.07 Å². The van der Waals surface area contributed by atoms with Crippen molar-refractivity contribution >= 4 is 22.6 Å². The summed E-state index contributed by atoms with van der Waals surface area (Å²) >= 11 is 1.48. The second-order valence-electron chi connectivity index (χ2n) is 2.79. The molecule has 0 unspecified atom stereocenters. The van der Waals surface area contributed by atoms with Crippen molar-refractivity contribution in [1.29, 1.82) is 0 Å². The lowest BCUT2D eigenvalue weighted by atomic mass is 10.3. The molecule has 8 heteroatoms. The number of hydrogen-bond acceptors (Lipinski definition) is 2. The molecule has 1 heterocycles. The maximum Gasteiger partial charge on any atom is 0.573 e. The van der Waals surface area contributed by atoms with Crippen molar-refractivity contribution < 1.29 is 26.7 Å². The van der Waals surface area contributed by atoms with E-state index < -0.39 is 24.2 Å².